The Balaban J connectivity index is 1.09. The molecule has 40 heavy (non-hydrogen) atoms. The molecule has 2 aliphatic rings. The lowest BCUT2D eigenvalue weighted by molar-refractivity contribution is 0.107. The quantitative estimate of drug-likeness (QED) is 0.302. The molecule has 1 N–H and O–H groups in total. The van der Waals surface area contributed by atoms with E-state index < -0.39 is 6.17 Å². The Morgan fingerprint density at radius 2 is 2.02 bits per heavy atom. The average molecular weight is 541 g/mol. The Bertz CT molecular complexity index is 1730. The van der Waals surface area contributed by atoms with Crippen molar-refractivity contribution in [3.05, 3.63) is 60.8 Å². The van der Waals surface area contributed by atoms with Gasteiger partial charge in [-0.2, -0.15) is 4.98 Å². The Kier molecular flexibility index (Phi) is 5.96. The normalized spacial score (nSPS) is 20.7. The van der Waals surface area contributed by atoms with Gasteiger partial charge in [0.1, 0.15) is 41.6 Å². The number of benzene rings is 2. The van der Waals surface area contributed by atoms with E-state index in [0.29, 0.717) is 36.4 Å². The van der Waals surface area contributed by atoms with Crippen molar-refractivity contribution in [3.63, 3.8) is 0 Å². The number of halogens is 1. The van der Waals surface area contributed by atoms with E-state index in [1.807, 2.05) is 54.9 Å². The summed E-state index contributed by atoms with van der Waals surface area (Å²) in [6.45, 7) is 3.74. The fraction of sp³-hybridized carbons (Fsp3) is 0.345. The third kappa shape index (κ3) is 4.45. The van der Waals surface area contributed by atoms with Crippen molar-refractivity contribution in [2.45, 2.75) is 37.9 Å². The second kappa shape index (κ2) is 9.67. The molecule has 11 heteroatoms. The molecule has 2 saturated heterocycles. The van der Waals surface area contributed by atoms with E-state index in [-0.39, 0.29) is 11.5 Å². The maximum atomic E-state index is 14.1. The first kappa shape index (κ1) is 24.6. The Morgan fingerprint density at radius 1 is 1.10 bits per heavy atom. The monoisotopic (exact) mass is 540 g/mol. The van der Waals surface area contributed by atoms with Gasteiger partial charge in [0.05, 0.1) is 29.1 Å². The van der Waals surface area contributed by atoms with Gasteiger partial charge in [0, 0.05) is 31.8 Å². The lowest BCUT2D eigenvalue weighted by atomic mass is 9.95. The van der Waals surface area contributed by atoms with Gasteiger partial charge < -0.3 is 19.4 Å². The number of hydrogen-bond donors (Lipinski definition) is 1. The fourth-order valence-electron chi connectivity index (χ4n) is 5.93. The van der Waals surface area contributed by atoms with Gasteiger partial charge in [-0.05, 0) is 62.2 Å². The molecule has 2 aromatic carbocycles. The van der Waals surface area contributed by atoms with Gasteiger partial charge in [-0.1, -0.05) is 0 Å². The molecular weight excluding hydrogens is 511 g/mol. The summed E-state index contributed by atoms with van der Waals surface area (Å²) >= 11 is 0. The van der Waals surface area contributed by atoms with Crippen LogP contribution in [-0.2, 0) is 7.05 Å². The third-order valence-corrected chi connectivity index (χ3v) is 7.95. The van der Waals surface area contributed by atoms with Crippen LogP contribution in [0.15, 0.2) is 55.2 Å². The number of anilines is 2. The van der Waals surface area contributed by atoms with Crippen LogP contribution in [0.5, 0.6) is 17.5 Å². The molecule has 2 atom stereocenters. The smallest absolute Gasteiger partial charge is 0.317 e. The maximum absolute atomic E-state index is 14.1. The summed E-state index contributed by atoms with van der Waals surface area (Å²) in [4.78, 5) is 24.3. The number of nitrogens with zero attached hydrogens (tertiary/aromatic N) is 7. The number of rotatable bonds is 7. The van der Waals surface area contributed by atoms with Crippen molar-refractivity contribution in [2.75, 3.05) is 25.0 Å². The van der Waals surface area contributed by atoms with Gasteiger partial charge in [-0.25, -0.2) is 24.3 Å². The minimum atomic E-state index is -0.810. The summed E-state index contributed by atoms with van der Waals surface area (Å²) in [5.41, 5.74) is 4.58. The van der Waals surface area contributed by atoms with Crippen LogP contribution in [0.2, 0.25) is 0 Å². The predicted molar refractivity (Wildman–Crippen MR) is 149 cm³/mol. The first-order valence-electron chi connectivity index (χ1n) is 13.4. The number of ether oxygens (including phenoxy) is 2. The summed E-state index contributed by atoms with van der Waals surface area (Å²) in [6.07, 6.45) is 6.55. The highest BCUT2D eigenvalue weighted by molar-refractivity contribution is 5.86. The predicted octanol–water partition coefficient (Wildman–Crippen LogP) is 5.11. The Labute approximate surface area is 230 Å². The number of aromatic nitrogens is 6. The first-order chi connectivity index (χ1) is 19.5. The number of nitrogens with one attached hydrogen (secondary N) is 1. The van der Waals surface area contributed by atoms with Crippen LogP contribution < -0.4 is 14.8 Å². The molecule has 0 unspecified atom stereocenters. The number of alkyl halides is 1. The Hall–Kier alpha value is -4.38. The SMILES string of the molecule is Cc1cc(Nc2ncnc3cnc(OC[C@@]45CCCN4C[C@H](F)C5)nc23)ccc1Oc1ccc2c(c1)ncn2C. The van der Waals surface area contributed by atoms with E-state index in [1.165, 1.54) is 6.33 Å². The topological polar surface area (TPSA) is 103 Å². The van der Waals surface area contributed by atoms with Gasteiger partial charge >= 0.3 is 6.01 Å². The van der Waals surface area contributed by atoms with Gasteiger partial charge in [0.15, 0.2) is 5.82 Å². The van der Waals surface area contributed by atoms with Crippen LogP contribution in [0, 0.1) is 6.92 Å². The molecule has 3 aromatic heterocycles. The molecule has 0 amide bonds. The van der Waals surface area contributed by atoms with E-state index >= 15 is 0 Å². The fourth-order valence-corrected chi connectivity index (χ4v) is 5.93. The van der Waals surface area contributed by atoms with Gasteiger partial charge in [0.2, 0.25) is 0 Å². The summed E-state index contributed by atoms with van der Waals surface area (Å²) in [7, 11) is 1.97. The maximum Gasteiger partial charge on any atom is 0.317 e. The van der Waals surface area contributed by atoms with Crippen LogP contribution in [0.25, 0.3) is 22.1 Å². The minimum absolute atomic E-state index is 0.235. The highest BCUT2D eigenvalue weighted by Gasteiger charge is 2.49. The molecule has 2 aliphatic heterocycles. The molecule has 5 aromatic rings. The van der Waals surface area contributed by atoms with Crippen molar-refractivity contribution in [1.29, 1.82) is 0 Å². The van der Waals surface area contributed by atoms with Crippen molar-refractivity contribution in [2.24, 2.45) is 7.05 Å². The zero-order chi connectivity index (χ0) is 27.3. The van der Waals surface area contributed by atoms with E-state index in [9.17, 15) is 4.39 Å². The largest absolute Gasteiger partial charge is 0.461 e. The molecule has 7 rings (SSSR count). The minimum Gasteiger partial charge on any atom is -0.461 e. The van der Waals surface area contributed by atoms with Gasteiger partial charge in [-0.3, -0.25) is 4.90 Å². The van der Waals surface area contributed by atoms with E-state index in [0.717, 1.165) is 53.2 Å². The number of hydrogen-bond acceptors (Lipinski definition) is 9. The van der Waals surface area contributed by atoms with Crippen LogP contribution in [0.4, 0.5) is 15.9 Å². The summed E-state index contributed by atoms with van der Waals surface area (Å²) in [6, 6.07) is 11.9. The van der Waals surface area contributed by atoms with Crippen molar-refractivity contribution in [3.8, 4) is 17.5 Å². The standard InChI is InChI=1S/C29H29FN8O2/c1-18-10-20(4-7-25(18)40-21-5-6-24-22(11-21)34-17-37(24)2)35-27-26-23(32-16-33-27)13-31-28(36-26)39-15-29-8-3-9-38(29)14-19(30)12-29/h4-7,10-11,13,16-17,19H,3,8-9,12,14-15H2,1-2H3,(H,32,33,35)/t19-,29+/m1/s1. The zero-order valence-corrected chi connectivity index (χ0v) is 22.3. The van der Waals surface area contributed by atoms with E-state index in [4.69, 9.17) is 9.47 Å². The van der Waals surface area contributed by atoms with Crippen molar-refractivity contribution < 1.29 is 13.9 Å². The second-order valence-corrected chi connectivity index (χ2v) is 10.7. The molecular formula is C29H29FN8O2. The molecule has 10 nitrogen and oxygen atoms in total. The molecule has 5 heterocycles. The van der Waals surface area contributed by atoms with Gasteiger partial charge in [-0.15, -0.1) is 0 Å². The molecule has 0 aliphatic carbocycles. The highest BCUT2D eigenvalue weighted by Crippen LogP contribution is 2.40. The van der Waals surface area contributed by atoms with Gasteiger partial charge in [0.25, 0.3) is 0 Å². The zero-order valence-electron chi connectivity index (χ0n) is 22.3. The summed E-state index contributed by atoms with van der Waals surface area (Å²) < 4.78 is 28.3. The number of imidazole rings is 1. The molecule has 0 radical (unpaired) electrons. The highest BCUT2D eigenvalue weighted by atomic mass is 19.1. The number of fused-ring (bicyclic) bond motifs is 3. The molecule has 0 spiro atoms. The third-order valence-electron chi connectivity index (χ3n) is 7.95. The molecule has 0 bridgehead atoms. The van der Waals surface area contributed by atoms with Crippen LogP contribution in [0.1, 0.15) is 24.8 Å². The first-order valence-corrected chi connectivity index (χ1v) is 13.4. The van der Waals surface area contributed by atoms with Crippen LogP contribution >= 0.6 is 0 Å². The van der Waals surface area contributed by atoms with E-state index in [2.05, 4.69) is 35.1 Å². The lowest BCUT2D eigenvalue weighted by Crippen LogP contribution is -2.43. The molecule has 2 fully saturated rings. The van der Waals surface area contributed by atoms with E-state index in [1.54, 1.807) is 12.5 Å². The summed E-state index contributed by atoms with van der Waals surface area (Å²) in [5.74, 6) is 2.01. The molecule has 204 valence electrons. The average Bonchev–Trinajstić information content (AvgIpc) is 3.60. The van der Waals surface area contributed by atoms with Crippen LogP contribution in [-0.4, -0.2) is 65.8 Å². The van der Waals surface area contributed by atoms with Crippen molar-refractivity contribution >= 4 is 33.6 Å². The Morgan fingerprint density at radius 3 is 2.92 bits per heavy atom. The molecule has 0 saturated carbocycles. The second-order valence-electron chi connectivity index (χ2n) is 10.7. The summed E-state index contributed by atoms with van der Waals surface area (Å²) in [5, 5.41) is 3.35. The lowest BCUT2D eigenvalue weighted by Gasteiger charge is -2.30. The number of aryl methyl sites for hydroxylation is 2. The van der Waals surface area contributed by atoms with Crippen molar-refractivity contribution in [1.82, 2.24) is 34.4 Å². The van der Waals surface area contributed by atoms with Crippen LogP contribution in [0.3, 0.4) is 0 Å².